The molecular formula is C11H14BrNO2. The van der Waals surface area contributed by atoms with Gasteiger partial charge in [-0.25, -0.2) is 0 Å². The Kier molecular flexibility index (Phi) is 3.88. The van der Waals surface area contributed by atoms with Crippen molar-refractivity contribution in [3.05, 3.63) is 34.3 Å². The summed E-state index contributed by atoms with van der Waals surface area (Å²) in [6.45, 7) is 3.44. The van der Waals surface area contributed by atoms with Gasteiger partial charge in [-0.2, -0.15) is 0 Å². The van der Waals surface area contributed by atoms with E-state index in [4.69, 9.17) is 5.11 Å². The second-order valence-electron chi connectivity index (χ2n) is 3.98. The summed E-state index contributed by atoms with van der Waals surface area (Å²) >= 11 is 3.30. The molecule has 0 aliphatic carbocycles. The first kappa shape index (κ1) is 12.2. The molecule has 1 aromatic rings. The molecule has 0 spiro atoms. The minimum absolute atomic E-state index is 0.0941. The van der Waals surface area contributed by atoms with Crippen LogP contribution in [0.1, 0.15) is 24.2 Å². The van der Waals surface area contributed by atoms with Gasteiger partial charge in [0, 0.05) is 4.47 Å². The van der Waals surface area contributed by atoms with Crippen molar-refractivity contribution >= 4 is 21.8 Å². The van der Waals surface area contributed by atoms with Gasteiger partial charge in [-0.3, -0.25) is 4.79 Å². The molecule has 1 rings (SSSR count). The van der Waals surface area contributed by atoms with Crippen molar-refractivity contribution in [2.45, 2.75) is 19.4 Å². The zero-order valence-electron chi connectivity index (χ0n) is 8.75. The van der Waals surface area contributed by atoms with Crippen LogP contribution in [-0.4, -0.2) is 23.2 Å². The molecule has 0 aliphatic rings. The van der Waals surface area contributed by atoms with Crippen LogP contribution in [-0.2, 0) is 0 Å². The quantitative estimate of drug-likeness (QED) is 0.883. The lowest BCUT2D eigenvalue weighted by molar-refractivity contribution is 0.0868. The fraction of sp³-hybridized carbons (Fsp3) is 0.364. The molecule has 4 heteroatoms. The molecule has 0 radical (unpaired) electrons. The van der Waals surface area contributed by atoms with Gasteiger partial charge in [0.15, 0.2) is 0 Å². The van der Waals surface area contributed by atoms with Crippen LogP contribution in [0.5, 0.6) is 0 Å². The lowest BCUT2D eigenvalue weighted by atomic mass is 10.1. The summed E-state index contributed by atoms with van der Waals surface area (Å²) < 4.78 is 0.747. The third-order valence-electron chi connectivity index (χ3n) is 1.97. The average Bonchev–Trinajstić information content (AvgIpc) is 2.17. The smallest absolute Gasteiger partial charge is 0.252 e. The van der Waals surface area contributed by atoms with E-state index in [0.29, 0.717) is 5.56 Å². The number of rotatable bonds is 3. The Morgan fingerprint density at radius 2 is 2.07 bits per heavy atom. The Labute approximate surface area is 97.6 Å². The highest BCUT2D eigenvalue weighted by Gasteiger charge is 2.20. The van der Waals surface area contributed by atoms with E-state index in [1.165, 1.54) is 0 Å². The molecule has 0 saturated carbocycles. The molecule has 0 heterocycles. The second-order valence-corrected chi connectivity index (χ2v) is 4.83. The van der Waals surface area contributed by atoms with Gasteiger partial charge in [-0.15, -0.1) is 0 Å². The average molecular weight is 272 g/mol. The summed E-state index contributed by atoms with van der Waals surface area (Å²) in [5.74, 6) is -0.193. The molecule has 0 unspecified atom stereocenters. The van der Waals surface area contributed by atoms with Gasteiger partial charge in [0.1, 0.15) is 0 Å². The predicted molar refractivity (Wildman–Crippen MR) is 62.8 cm³/mol. The van der Waals surface area contributed by atoms with E-state index in [1.54, 1.807) is 32.0 Å². The Morgan fingerprint density at radius 3 is 2.60 bits per heavy atom. The minimum Gasteiger partial charge on any atom is -0.394 e. The molecule has 2 N–H and O–H groups in total. The standard InChI is InChI=1S/C11H14BrNO2/c1-11(2,7-14)13-10(15)8-5-3-4-6-9(8)12/h3-6,14H,7H2,1-2H3,(H,13,15). The molecule has 82 valence electrons. The largest absolute Gasteiger partial charge is 0.394 e. The zero-order valence-corrected chi connectivity index (χ0v) is 10.3. The van der Waals surface area contributed by atoms with Gasteiger partial charge in [0.05, 0.1) is 17.7 Å². The van der Waals surface area contributed by atoms with Crippen LogP contribution in [0, 0.1) is 0 Å². The van der Waals surface area contributed by atoms with Crippen molar-refractivity contribution in [1.29, 1.82) is 0 Å². The SMILES string of the molecule is CC(C)(CO)NC(=O)c1ccccc1Br. The monoisotopic (exact) mass is 271 g/mol. The molecule has 0 saturated heterocycles. The maximum Gasteiger partial charge on any atom is 0.252 e. The Hall–Kier alpha value is -0.870. The predicted octanol–water partition coefficient (Wildman–Crippen LogP) is 1.95. The number of carbonyl (C=O) groups is 1. The van der Waals surface area contributed by atoms with Crippen LogP contribution in [0.3, 0.4) is 0 Å². The first-order chi connectivity index (χ1) is 6.96. The Bertz CT molecular complexity index is 363. The molecular weight excluding hydrogens is 258 g/mol. The summed E-state index contributed by atoms with van der Waals surface area (Å²) in [5.41, 5.74) is -0.0363. The number of benzene rings is 1. The third kappa shape index (κ3) is 3.32. The van der Waals surface area contributed by atoms with Gasteiger partial charge < -0.3 is 10.4 Å². The molecule has 0 atom stereocenters. The number of nitrogens with one attached hydrogen (secondary N) is 1. The molecule has 0 aromatic heterocycles. The van der Waals surface area contributed by atoms with E-state index in [9.17, 15) is 4.79 Å². The molecule has 1 amide bonds. The van der Waals surface area contributed by atoms with Crippen molar-refractivity contribution in [2.75, 3.05) is 6.61 Å². The van der Waals surface area contributed by atoms with E-state index in [2.05, 4.69) is 21.2 Å². The van der Waals surface area contributed by atoms with Gasteiger partial charge in [0.25, 0.3) is 5.91 Å². The maximum absolute atomic E-state index is 11.8. The van der Waals surface area contributed by atoms with E-state index >= 15 is 0 Å². The fourth-order valence-corrected chi connectivity index (χ4v) is 1.52. The first-order valence-corrected chi connectivity index (χ1v) is 5.43. The fourth-order valence-electron chi connectivity index (χ4n) is 1.06. The highest BCUT2D eigenvalue weighted by molar-refractivity contribution is 9.10. The number of hydrogen-bond donors (Lipinski definition) is 2. The number of carbonyl (C=O) groups excluding carboxylic acids is 1. The van der Waals surface area contributed by atoms with E-state index < -0.39 is 5.54 Å². The number of aliphatic hydroxyl groups is 1. The van der Waals surface area contributed by atoms with Crippen LogP contribution in [0.2, 0.25) is 0 Å². The highest BCUT2D eigenvalue weighted by atomic mass is 79.9. The number of aliphatic hydroxyl groups excluding tert-OH is 1. The summed E-state index contributed by atoms with van der Waals surface area (Å²) in [4.78, 5) is 11.8. The van der Waals surface area contributed by atoms with Gasteiger partial charge in [-0.05, 0) is 41.9 Å². The van der Waals surface area contributed by atoms with Crippen molar-refractivity contribution in [3.8, 4) is 0 Å². The molecule has 15 heavy (non-hydrogen) atoms. The molecule has 0 fully saturated rings. The number of halogens is 1. The van der Waals surface area contributed by atoms with E-state index in [1.807, 2.05) is 6.07 Å². The topological polar surface area (TPSA) is 49.3 Å². The van der Waals surface area contributed by atoms with Crippen LogP contribution < -0.4 is 5.32 Å². The van der Waals surface area contributed by atoms with Gasteiger partial charge >= 0.3 is 0 Å². The van der Waals surface area contributed by atoms with E-state index in [-0.39, 0.29) is 12.5 Å². The Morgan fingerprint density at radius 1 is 1.47 bits per heavy atom. The third-order valence-corrected chi connectivity index (χ3v) is 2.66. The zero-order chi connectivity index (χ0) is 11.5. The normalized spacial score (nSPS) is 11.2. The molecule has 1 aromatic carbocycles. The van der Waals surface area contributed by atoms with Gasteiger partial charge in [-0.1, -0.05) is 12.1 Å². The van der Waals surface area contributed by atoms with Gasteiger partial charge in [0.2, 0.25) is 0 Å². The minimum atomic E-state index is -0.605. The number of amides is 1. The van der Waals surface area contributed by atoms with Crippen molar-refractivity contribution in [3.63, 3.8) is 0 Å². The van der Waals surface area contributed by atoms with Crippen molar-refractivity contribution in [1.82, 2.24) is 5.32 Å². The van der Waals surface area contributed by atoms with Crippen LogP contribution in [0.25, 0.3) is 0 Å². The lowest BCUT2D eigenvalue weighted by Crippen LogP contribution is -2.46. The summed E-state index contributed by atoms with van der Waals surface area (Å²) in [6.07, 6.45) is 0. The van der Waals surface area contributed by atoms with Crippen molar-refractivity contribution in [2.24, 2.45) is 0 Å². The Balaban J connectivity index is 2.83. The summed E-state index contributed by atoms with van der Waals surface area (Å²) in [5, 5.41) is 11.8. The first-order valence-electron chi connectivity index (χ1n) is 4.64. The molecule has 0 aliphatic heterocycles. The van der Waals surface area contributed by atoms with Crippen LogP contribution >= 0.6 is 15.9 Å². The van der Waals surface area contributed by atoms with E-state index in [0.717, 1.165) is 4.47 Å². The molecule has 0 bridgehead atoms. The summed E-state index contributed by atoms with van der Waals surface area (Å²) in [7, 11) is 0. The summed E-state index contributed by atoms with van der Waals surface area (Å²) in [6, 6.07) is 7.18. The van der Waals surface area contributed by atoms with Crippen molar-refractivity contribution < 1.29 is 9.90 Å². The maximum atomic E-state index is 11.8. The number of hydrogen-bond acceptors (Lipinski definition) is 2. The molecule has 3 nitrogen and oxygen atoms in total. The van der Waals surface area contributed by atoms with Crippen LogP contribution in [0.15, 0.2) is 28.7 Å². The van der Waals surface area contributed by atoms with Crippen LogP contribution in [0.4, 0.5) is 0 Å². The highest BCUT2D eigenvalue weighted by Crippen LogP contribution is 2.16. The lowest BCUT2D eigenvalue weighted by Gasteiger charge is -2.23. The second kappa shape index (κ2) is 4.77.